The van der Waals surface area contributed by atoms with Crippen molar-refractivity contribution in [3.8, 4) is 0 Å². The van der Waals surface area contributed by atoms with Crippen molar-refractivity contribution in [3.05, 3.63) is 35.5 Å². The second-order valence-electron chi connectivity index (χ2n) is 5.55. The van der Waals surface area contributed by atoms with Crippen molar-refractivity contribution >= 4 is 28.4 Å². The summed E-state index contributed by atoms with van der Waals surface area (Å²) in [5.74, 6) is 2.18. The van der Waals surface area contributed by atoms with Gasteiger partial charge in [0.2, 0.25) is 0 Å². The van der Waals surface area contributed by atoms with Crippen LogP contribution in [0.2, 0.25) is 0 Å². The van der Waals surface area contributed by atoms with E-state index in [2.05, 4.69) is 29.6 Å². The normalized spacial score (nSPS) is 18.9. The Morgan fingerprint density at radius 3 is 2.84 bits per heavy atom. The van der Waals surface area contributed by atoms with E-state index in [0.717, 1.165) is 17.0 Å². The molecule has 19 heavy (non-hydrogen) atoms. The molecule has 0 amide bonds. The first-order chi connectivity index (χ1) is 9.42. The van der Waals surface area contributed by atoms with E-state index in [1.807, 2.05) is 11.8 Å². The Balaban J connectivity index is 1.85. The molecule has 1 N–H and O–H groups in total. The van der Waals surface area contributed by atoms with Gasteiger partial charge in [0.05, 0.1) is 11.2 Å². The van der Waals surface area contributed by atoms with Crippen molar-refractivity contribution in [2.75, 3.05) is 5.32 Å². The fourth-order valence-corrected chi connectivity index (χ4v) is 4.32. The summed E-state index contributed by atoms with van der Waals surface area (Å²) in [5.41, 5.74) is 5.27. The first-order valence-electron chi connectivity index (χ1n) is 7.16. The van der Waals surface area contributed by atoms with E-state index < -0.39 is 0 Å². The standard InChI is InChI=1S/C16H18N2S/c1-2-6-11(5-1)17-16-12-7-3-4-8-14(12)18-15-10-19-9-13(15)16/h3-4,7-8,11H,1-2,5-6,9-10H2,(H,17,18). The van der Waals surface area contributed by atoms with Gasteiger partial charge in [-0.3, -0.25) is 4.98 Å². The lowest BCUT2D eigenvalue weighted by Crippen LogP contribution is -2.16. The average molecular weight is 270 g/mol. The van der Waals surface area contributed by atoms with Gasteiger partial charge in [-0.1, -0.05) is 31.0 Å². The smallest absolute Gasteiger partial charge is 0.0726 e. The maximum atomic E-state index is 4.83. The van der Waals surface area contributed by atoms with Crippen molar-refractivity contribution in [1.82, 2.24) is 4.98 Å². The zero-order valence-electron chi connectivity index (χ0n) is 11.0. The third-order valence-electron chi connectivity index (χ3n) is 4.27. The Morgan fingerprint density at radius 2 is 1.95 bits per heavy atom. The number of pyridine rings is 1. The third kappa shape index (κ3) is 2.00. The van der Waals surface area contributed by atoms with Gasteiger partial charge < -0.3 is 5.32 Å². The fraction of sp³-hybridized carbons (Fsp3) is 0.438. The number of hydrogen-bond donors (Lipinski definition) is 1. The Labute approximate surface area is 118 Å². The highest BCUT2D eigenvalue weighted by Crippen LogP contribution is 2.39. The summed E-state index contributed by atoms with van der Waals surface area (Å²) in [6, 6.07) is 9.23. The molecule has 2 aliphatic rings. The Kier molecular flexibility index (Phi) is 2.87. The van der Waals surface area contributed by atoms with E-state index in [0.29, 0.717) is 6.04 Å². The van der Waals surface area contributed by atoms with Crippen LogP contribution in [0.5, 0.6) is 0 Å². The van der Waals surface area contributed by atoms with E-state index >= 15 is 0 Å². The molecule has 0 atom stereocenters. The Hall–Kier alpha value is -1.22. The predicted octanol–water partition coefficient (Wildman–Crippen LogP) is 4.34. The summed E-state index contributed by atoms with van der Waals surface area (Å²) in [6.45, 7) is 0. The van der Waals surface area contributed by atoms with Gasteiger partial charge in [-0.25, -0.2) is 0 Å². The lowest BCUT2D eigenvalue weighted by Gasteiger charge is -2.18. The molecule has 0 unspecified atom stereocenters. The molecule has 2 nitrogen and oxygen atoms in total. The number of para-hydroxylation sites is 1. The highest BCUT2D eigenvalue weighted by molar-refractivity contribution is 7.98. The van der Waals surface area contributed by atoms with E-state index in [4.69, 9.17) is 4.98 Å². The monoisotopic (exact) mass is 270 g/mol. The van der Waals surface area contributed by atoms with Crippen molar-refractivity contribution in [3.63, 3.8) is 0 Å². The minimum atomic E-state index is 0.667. The first kappa shape index (κ1) is 11.6. The second-order valence-corrected chi connectivity index (χ2v) is 6.53. The van der Waals surface area contributed by atoms with Gasteiger partial charge in [0.25, 0.3) is 0 Å². The molecular weight excluding hydrogens is 252 g/mol. The number of nitrogens with one attached hydrogen (secondary N) is 1. The van der Waals surface area contributed by atoms with E-state index in [1.165, 1.54) is 48.0 Å². The number of benzene rings is 1. The van der Waals surface area contributed by atoms with Crippen LogP contribution in [0.4, 0.5) is 5.69 Å². The van der Waals surface area contributed by atoms with Gasteiger partial charge in [0, 0.05) is 34.2 Å². The summed E-state index contributed by atoms with van der Waals surface area (Å²) in [4.78, 5) is 4.83. The number of anilines is 1. The van der Waals surface area contributed by atoms with Gasteiger partial charge in [-0.2, -0.15) is 11.8 Å². The van der Waals surface area contributed by atoms with Crippen LogP contribution in [0.15, 0.2) is 24.3 Å². The molecule has 0 bridgehead atoms. The van der Waals surface area contributed by atoms with Crippen LogP contribution < -0.4 is 5.32 Å². The summed E-state index contributed by atoms with van der Waals surface area (Å²) >= 11 is 1.98. The van der Waals surface area contributed by atoms with E-state index in [-0.39, 0.29) is 0 Å². The number of rotatable bonds is 2. The van der Waals surface area contributed by atoms with Crippen molar-refractivity contribution in [2.45, 2.75) is 43.2 Å². The molecule has 0 spiro atoms. The Morgan fingerprint density at radius 1 is 1.11 bits per heavy atom. The average Bonchev–Trinajstić information content (AvgIpc) is 3.09. The molecule has 1 aromatic heterocycles. The van der Waals surface area contributed by atoms with Crippen LogP contribution in [0, 0.1) is 0 Å². The maximum Gasteiger partial charge on any atom is 0.0726 e. The van der Waals surface area contributed by atoms with Crippen LogP contribution in [0.3, 0.4) is 0 Å². The molecule has 3 heteroatoms. The highest BCUT2D eigenvalue weighted by atomic mass is 32.2. The van der Waals surface area contributed by atoms with Crippen LogP contribution in [0.25, 0.3) is 10.9 Å². The topological polar surface area (TPSA) is 24.9 Å². The zero-order valence-corrected chi connectivity index (χ0v) is 11.8. The lowest BCUT2D eigenvalue weighted by molar-refractivity contribution is 0.755. The molecule has 0 radical (unpaired) electrons. The molecule has 1 aliphatic carbocycles. The predicted molar refractivity (Wildman–Crippen MR) is 82.6 cm³/mol. The quantitative estimate of drug-likeness (QED) is 0.879. The zero-order chi connectivity index (χ0) is 12.7. The van der Waals surface area contributed by atoms with Crippen molar-refractivity contribution < 1.29 is 0 Å². The molecule has 1 aliphatic heterocycles. The van der Waals surface area contributed by atoms with Gasteiger partial charge >= 0.3 is 0 Å². The third-order valence-corrected chi connectivity index (χ3v) is 5.24. The summed E-state index contributed by atoms with van der Waals surface area (Å²) in [5, 5.41) is 5.13. The number of nitrogens with zero attached hydrogens (tertiary/aromatic N) is 1. The molecule has 2 heterocycles. The van der Waals surface area contributed by atoms with Crippen LogP contribution in [0.1, 0.15) is 36.9 Å². The summed E-state index contributed by atoms with van der Waals surface area (Å²) < 4.78 is 0. The van der Waals surface area contributed by atoms with Gasteiger partial charge in [-0.15, -0.1) is 0 Å². The number of hydrogen-bond acceptors (Lipinski definition) is 3. The number of aromatic nitrogens is 1. The molecule has 4 rings (SSSR count). The molecule has 1 saturated carbocycles. The molecule has 1 fully saturated rings. The second kappa shape index (κ2) is 4.71. The largest absolute Gasteiger partial charge is 0.381 e. The SMILES string of the molecule is c1ccc2c(NC3CCCC3)c3c(nc2c1)CSC3. The minimum Gasteiger partial charge on any atom is -0.381 e. The van der Waals surface area contributed by atoms with Crippen molar-refractivity contribution in [2.24, 2.45) is 0 Å². The van der Waals surface area contributed by atoms with Crippen molar-refractivity contribution in [1.29, 1.82) is 0 Å². The molecule has 0 saturated heterocycles. The van der Waals surface area contributed by atoms with Crippen LogP contribution in [-0.4, -0.2) is 11.0 Å². The number of thioether (sulfide) groups is 1. The molecule has 98 valence electrons. The van der Waals surface area contributed by atoms with E-state index in [9.17, 15) is 0 Å². The Bertz CT molecular complexity index is 617. The van der Waals surface area contributed by atoms with E-state index in [1.54, 1.807) is 0 Å². The molecular formula is C16H18N2S. The van der Waals surface area contributed by atoms with Crippen LogP contribution in [-0.2, 0) is 11.5 Å². The van der Waals surface area contributed by atoms with Gasteiger partial charge in [0.1, 0.15) is 0 Å². The summed E-state index contributed by atoms with van der Waals surface area (Å²) in [7, 11) is 0. The van der Waals surface area contributed by atoms with Gasteiger partial charge in [0.15, 0.2) is 0 Å². The molecule has 1 aromatic carbocycles. The van der Waals surface area contributed by atoms with Gasteiger partial charge in [-0.05, 0) is 18.9 Å². The van der Waals surface area contributed by atoms with Crippen LogP contribution >= 0.6 is 11.8 Å². The minimum absolute atomic E-state index is 0.667. The maximum absolute atomic E-state index is 4.83. The molecule has 2 aromatic rings. The fourth-order valence-electron chi connectivity index (χ4n) is 3.27. The highest BCUT2D eigenvalue weighted by Gasteiger charge is 2.22. The number of fused-ring (bicyclic) bond motifs is 2. The lowest BCUT2D eigenvalue weighted by atomic mass is 10.1. The summed E-state index contributed by atoms with van der Waals surface area (Å²) in [6.07, 6.45) is 5.38. The first-order valence-corrected chi connectivity index (χ1v) is 8.32.